The monoisotopic (exact) mass is 420 g/mol. The maximum atomic E-state index is 13.6. The summed E-state index contributed by atoms with van der Waals surface area (Å²) in [5.41, 5.74) is 11.6. The number of unbranched alkanes of at least 4 members (excludes halogenated alkanes) is 1. The van der Waals surface area contributed by atoms with E-state index < -0.39 is 0 Å². The zero-order valence-corrected chi connectivity index (χ0v) is 18.1. The first-order valence-electron chi connectivity index (χ1n) is 10.9. The van der Waals surface area contributed by atoms with Gasteiger partial charge < -0.3 is 11.1 Å². The molecule has 0 radical (unpaired) electrons. The van der Waals surface area contributed by atoms with Crippen LogP contribution in [0.1, 0.15) is 44.6 Å². The van der Waals surface area contributed by atoms with Gasteiger partial charge in [-0.05, 0) is 79.8 Å². The molecule has 1 saturated carbocycles. The second-order valence-corrected chi connectivity index (χ2v) is 8.04. The molecular formula is C24H29FN6. The molecule has 162 valence electrons. The van der Waals surface area contributed by atoms with Crippen LogP contribution in [-0.2, 0) is 0 Å². The second-order valence-electron chi connectivity index (χ2n) is 8.04. The van der Waals surface area contributed by atoms with Crippen LogP contribution in [-0.4, -0.2) is 32.9 Å². The van der Waals surface area contributed by atoms with Crippen molar-refractivity contribution in [2.75, 3.05) is 11.9 Å². The molecule has 6 nitrogen and oxygen atoms in total. The summed E-state index contributed by atoms with van der Waals surface area (Å²) in [7, 11) is 0. The van der Waals surface area contributed by atoms with E-state index in [1.54, 1.807) is 16.8 Å². The van der Waals surface area contributed by atoms with E-state index in [2.05, 4.69) is 17.3 Å². The van der Waals surface area contributed by atoms with Gasteiger partial charge in [0.25, 0.3) is 0 Å². The minimum absolute atomic E-state index is 0.202. The Morgan fingerprint density at radius 1 is 1.32 bits per heavy atom. The molecule has 0 spiro atoms. The van der Waals surface area contributed by atoms with Crippen LogP contribution in [0, 0.1) is 12.7 Å². The molecule has 2 aromatic heterocycles. The highest BCUT2D eigenvalue weighted by molar-refractivity contribution is 6.01. The van der Waals surface area contributed by atoms with E-state index in [1.165, 1.54) is 12.1 Å². The lowest BCUT2D eigenvalue weighted by molar-refractivity contribution is 0.627. The molecule has 4 rings (SSSR count). The van der Waals surface area contributed by atoms with Crippen molar-refractivity contribution in [2.45, 2.75) is 52.0 Å². The van der Waals surface area contributed by atoms with Gasteiger partial charge in [0.2, 0.25) is 5.95 Å². The summed E-state index contributed by atoms with van der Waals surface area (Å²) in [6.07, 6.45) is 8.47. The van der Waals surface area contributed by atoms with Crippen molar-refractivity contribution in [3.63, 3.8) is 0 Å². The number of benzene rings is 1. The second kappa shape index (κ2) is 9.29. The lowest BCUT2D eigenvalue weighted by atomic mass is 9.89. The quantitative estimate of drug-likeness (QED) is 0.556. The Morgan fingerprint density at radius 2 is 2.19 bits per heavy atom. The third-order valence-electron chi connectivity index (χ3n) is 5.76. The summed E-state index contributed by atoms with van der Waals surface area (Å²) in [6.45, 7) is 4.94. The number of hydrogen-bond donors (Lipinski definition) is 2. The summed E-state index contributed by atoms with van der Waals surface area (Å²) < 4.78 is 15.3. The van der Waals surface area contributed by atoms with Gasteiger partial charge in [-0.3, -0.25) is 4.99 Å². The molecule has 1 fully saturated rings. The van der Waals surface area contributed by atoms with Gasteiger partial charge in [0.05, 0.1) is 0 Å². The highest BCUT2D eigenvalue weighted by atomic mass is 19.1. The topological polar surface area (TPSA) is 80.6 Å². The molecule has 1 aliphatic rings. The zero-order valence-electron chi connectivity index (χ0n) is 18.1. The molecule has 31 heavy (non-hydrogen) atoms. The molecule has 2 heterocycles. The van der Waals surface area contributed by atoms with Gasteiger partial charge in [0.1, 0.15) is 5.82 Å². The fraction of sp³-hybridized carbons (Fsp3) is 0.375. The maximum absolute atomic E-state index is 13.6. The van der Waals surface area contributed by atoms with Gasteiger partial charge in [-0.15, -0.1) is 5.10 Å². The molecule has 0 bridgehead atoms. The van der Waals surface area contributed by atoms with Crippen molar-refractivity contribution in [2.24, 2.45) is 10.7 Å². The summed E-state index contributed by atoms with van der Waals surface area (Å²) in [5.74, 6) is 0.343. The van der Waals surface area contributed by atoms with Crippen molar-refractivity contribution in [3.8, 4) is 11.1 Å². The average Bonchev–Trinajstić information content (AvgIpc) is 3.17. The van der Waals surface area contributed by atoms with Crippen LogP contribution in [0.2, 0.25) is 0 Å². The molecular weight excluding hydrogens is 391 g/mol. The van der Waals surface area contributed by atoms with Crippen LogP contribution in [0.25, 0.3) is 16.8 Å². The number of hydrogen-bond acceptors (Lipinski definition) is 5. The number of aliphatic imine (C=N–C) groups is 1. The van der Waals surface area contributed by atoms with Gasteiger partial charge in [-0.25, -0.2) is 8.91 Å². The number of aromatic nitrogens is 3. The predicted octanol–water partition coefficient (Wildman–Crippen LogP) is 4.89. The largest absolute Gasteiger partial charge is 0.404 e. The number of nitrogens with two attached hydrogens (primary N) is 1. The van der Waals surface area contributed by atoms with Crippen molar-refractivity contribution >= 4 is 17.3 Å². The molecule has 3 aromatic rings. The van der Waals surface area contributed by atoms with Crippen LogP contribution in [0.3, 0.4) is 0 Å². The van der Waals surface area contributed by atoms with Gasteiger partial charge in [0, 0.05) is 30.1 Å². The number of aryl methyl sites for hydroxylation is 1. The Morgan fingerprint density at radius 3 is 2.97 bits per heavy atom. The Kier molecular flexibility index (Phi) is 6.30. The fourth-order valence-corrected chi connectivity index (χ4v) is 4.09. The molecule has 7 heteroatoms. The standard InChI is InChI=1S/C24H29FN6/c1-3-4-11-27-22-10-8-19(14-17(22)15-26)28-24-29-23-21(6-5-12-31(23)30-24)20-9-7-18(25)13-16(20)2/h5-7,9,12-13,15,19H,3-4,8,10-11,14,26H2,1-2H3,(H,28,30). The molecule has 1 aromatic carbocycles. The Balaban J connectivity index is 1.54. The Hall–Kier alpha value is -3.22. The highest BCUT2D eigenvalue weighted by Gasteiger charge is 2.23. The Bertz CT molecular complexity index is 1130. The molecule has 1 aliphatic carbocycles. The van der Waals surface area contributed by atoms with E-state index >= 15 is 0 Å². The van der Waals surface area contributed by atoms with Gasteiger partial charge in [-0.2, -0.15) is 4.98 Å². The van der Waals surface area contributed by atoms with Crippen molar-refractivity contribution in [3.05, 3.63) is 59.7 Å². The molecule has 0 aliphatic heterocycles. The summed E-state index contributed by atoms with van der Waals surface area (Å²) in [5, 5.41) is 8.08. The zero-order chi connectivity index (χ0) is 21.8. The number of nitrogens with one attached hydrogen (secondary N) is 1. The third-order valence-corrected chi connectivity index (χ3v) is 5.76. The first kappa shape index (κ1) is 21.0. The van der Waals surface area contributed by atoms with Crippen molar-refractivity contribution in [1.82, 2.24) is 14.6 Å². The summed E-state index contributed by atoms with van der Waals surface area (Å²) in [6, 6.07) is 8.93. The third kappa shape index (κ3) is 4.60. The lowest BCUT2D eigenvalue weighted by Gasteiger charge is -2.26. The number of fused-ring (bicyclic) bond motifs is 1. The summed E-state index contributed by atoms with van der Waals surface area (Å²) in [4.78, 5) is 9.48. The lowest BCUT2D eigenvalue weighted by Crippen LogP contribution is -2.29. The fourth-order valence-electron chi connectivity index (χ4n) is 4.09. The van der Waals surface area contributed by atoms with Crippen molar-refractivity contribution in [1.29, 1.82) is 0 Å². The van der Waals surface area contributed by atoms with Crippen LogP contribution >= 0.6 is 0 Å². The number of nitrogens with zero attached hydrogens (tertiary/aromatic N) is 4. The Labute approximate surface area is 182 Å². The van der Waals surface area contributed by atoms with Crippen LogP contribution in [0.5, 0.6) is 0 Å². The normalized spacial score (nSPS) is 19.4. The van der Waals surface area contributed by atoms with E-state index in [-0.39, 0.29) is 11.9 Å². The van der Waals surface area contributed by atoms with E-state index in [0.717, 1.165) is 72.3 Å². The smallest absolute Gasteiger partial charge is 0.243 e. The first-order valence-corrected chi connectivity index (χ1v) is 10.9. The molecule has 3 N–H and O–H groups in total. The van der Waals surface area contributed by atoms with E-state index in [9.17, 15) is 4.39 Å². The van der Waals surface area contributed by atoms with Crippen LogP contribution in [0.15, 0.2) is 53.3 Å². The molecule has 0 amide bonds. The minimum atomic E-state index is -0.240. The van der Waals surface area contributed by atoms with Crippen LogP contribution < -0.4 is 11.1 Å². The van der Waals surface area contributed by atoms with E-state index in [4.69, 9.17) is 15.7 Å². The van der Waals surface area contributed by atoms with Gasteiger partial charge >= 0.3 is 0 Å². The van der Waals surface area contributed by atoms with E-state index in [1.807, 2.05) is 25.3 Å². The van der Waals surface area contributed by atoms with Crippen molar-refractivity contribution < 1.29 is 4.39 Å². The minimum Gasteiger partial charge on any atom is -0.404 e. The number of halogens is 1. The average molecular weight is 421 g/mol. The number of anilines is 1. The van der Waals surface area contributed by atoms with E-state index in [0.29, 0.717) is 5.95 Å². The molecule has 0 saturated heterocycles. The summed E-state index contributed by atoms with van der Waals surface area (Å²) >= 11 is 0. The number of pyridine rings is 1. The predicted molar refractivity (Wildman–Crippen MR) is 124 cm³/mol. The van der Waals surface area contributed by atoms with Gasteiger partial charge in [0.15, 0.2) is 5.65 Å². The SMILES string of the molecule is CCCCN=C1CCC(Nc2nc3c(-c4ccc(F)cc4C)cccn3n2)CC1=CN. The maximum Gasteiger partial charge on any atom is 0.243 e. The molecule has 1 atom stereocenters. The first-order chi connectivity index (χ1) is 15.1. The highest BCUT2D eigenvalue weighted by Crippen LogP contribution is 2.29. The number of rotatable bonds is 6. The van der Waals surface area contributed by atoms with Gasteiger partial charge in [-0.1, -0.05) is 19.4 Å². The molecule has 1 unspecified atom stereocenters. The van der Waals surface area contributed by atoms with Crippen LogP contribution in [0.4, 0.5) is 10.3 Å².